The van der Waals surface area contributed by atoms with Crippen LogP contribution in [0.3, 0.4) is 0 Å². The van der Waals surface area contributed by atoms with E-state index in [0.717, 1.165) is 0 Å². The normalized spacial score (nSPS) is 8.92. The van der Waals surface area contributed by atoms with Crippen molar-refractivity contribution in [1.29, 1.82) is 0 Å². The quantitative estimate of drug-likeness (QED) is 0.223. The van der Waals surface area contributed by atoms with Gasteiger partial charge in [0, 0.05) is 10.5 Å². The van der Waals surface area contributed by atoms with Gasteiger partial charge in [0.2, 0.25) is 5.91 Å². The molecule has 0 bridgehead atoms. The highest BCUT2D eigenvalue weighted by atomic mass is 16.3. The number of nitrogens with two attached hydrogens (primary N) is 1. The van der Waals surface area contributed by atoms with Crippen molar-refractivity contribution in [2.75, 3.05) is 5.73 Å². The highest BCUT2D eigenvalue weighted by molar-refractivity contribution is 5.96. The number of amides is 1. The van der Waals surface area contributed by atoms with Crippen molar-refractivity contribution in [3.05, 3.63) is 34.2 Å². The van der Waals surface area contributed by atoms with E-state index in [0.29, 0.717) is 0 Å². The maximum atomic E-state index is 11.0. The molecular weight excluding hydrogens is 172 g/mol. The average Bonchev–Trinajstić information content (AvgIpc) is 2.10. The second-order valence-electron chi connectivity index (χ2n) is 2.27. The van der Waals surface area contributed by atoms with Gasteiger partial charge in [-0.15, -0.1) is 0 Å². The Balaban J connectivity index is 3.10. The predicted octanol–water partition coefficient (Wildman–Crippen LogP) is 1.42. The Labute approximate surface area is 73.2 Å². The van der Waals surface area contributed by atoms with E-state index in [9.17, 15) is 4.79 Å². The summed E-state index contributed by atoms with van der Waals surface area (Å²) in [5.74, 6) is -0.841. The molecule has 6 nitrogen and oxygen atoms in total. The molecular formula is C7H6N4O2. The van der Waals surface area contributed by atoms with E-state index in [1.54, 1.807) is 0 Å². The number of rotatable bonds is 1. The van der Waals surface area contributed by atoms with Gasteiger partial charge in [0.25, 0.3) is 0 Å². The highest BCUT2D eigenvalue weighted by Crippen LogP contribution is 2.20. The van der Waals surface area contributed by atoms with Crippen LogP contribution in [0.4, 0.5) is 5.69 Å². The van der Waals surface area contributed by atoms with E-state index in [4.69, 9.17) is 16.4 Å². The van der Waals surface area contributed by atoms with Crippen molar-refractivity contribution in [2.24, 2.45) is 5.11 Å². The monoisotopic (exact) mass is 178 g/mol. The minimum atomic E-state index is -0.728. The molecule has 0 fully saturated rings. The summed E-state index contributed by atoms with van der Waals surface area (Å²) in [4.78, 5) is 13.3. The Hall–Kier alpha value is -2.20. The van der Waals surface area contributed by atoms with E-state index in [2.05, 4.69) is 10.0 Å². The number of benzene rings is 1. The molecule has 0 heterocycles. The lowest BCUT2D eigenvalue weighted by Gasteiger charge is -1.99. The summed E-state index contributed by atoms with van der Waals surface area (Å²) in [7, 11) is 0. The average molecular weight is 178 g/mol. The molecule has 0 aliphatic carbocycles. The summed E-state index contributed by atoms with van der Waals surface area (Å²) in [6.07, 6.45) is 0. The van der Waals surface area contributed by atoms with Crippen molar-refractivity contribution in [3.8, 4) is 5.75 Å². The minimum absolute atomic E-state index is 0.0685. The lowest BCUT2D eigenvalue weighted by atomic mass is 10.2. The molecule has 0 saturated heterocycles. The molecule has 0 unspecified atom stereocenters. The van der Waals surface area contributed by atoms with Crippen molar-refractivity contribution >= 4 is 11.6 Å². The van der Waals surface area contributed by atoms with Gasteiger partial charge in [-0.05, 0) is 28.8 Å². The topological polar surface area (TPSA) is 112 Å². The van der Waals surface area contributed by atoms with Crippen molar-refractivity contribution in [3.63, 3.8) is 0 Å². The molecule has 0 aromatic heterocycles. The van der Waals surface area contributed by atoms with Gasteiger partial charge < -0.3 is 10.8 Å². The highest BCUT2D eigenvalue weighted by Gasteiger charge is 2.04. The largest absolute Gasteiger partial charge is 0.506 e. The standard InChI is InChI=1S/C7H6N4O2/c8-5-3-4(1-2-6(5)12)7(13)10-11-9/h1-3,12H,8H2. The van der Waals surface area contributed by atoms with Crippen LogP contribution in [0, 0.1) is 0 Å². The van der Waals surface area contributed by atoms with Crippen LogP contribution in [0.1, 0.15) is 10.4 Å². The lowest BCUT2D eigenvalue weighted by molar-refractivity contribution is 0.100. The summed E-state index contributed by atoms with van der Waals surface area (Å²) < 4.78 is 0. The molecule has 0 aliphatic rings. The summed E-state index contributed by atoms with van der Waals surface area (Å²) in [5.41, 5.74) is 13.5. The summed E-state index contributed by atoms with van der Waals surface area (Å²) >= 11 is 0. The van der Waals surface area contributed by atoms with Crippen LogP contribution in [0.5, 0.6) is 5.75 Å². The van der Waals surface area contributed by atoms with Crippen LogP contribution in [-0.4, -0.2) is 11.0 Å². The van der Waals surface area contributed by atoms with Gasteiger partial charge in [-0.25, -0.2) is 0 Å². The van der Waals surface area contributed by atoms with Gasteiger partial charge in [-0.2, -0.15) is 0 Å². The number of hydrogen-bond acceptors (Lipinski definition) is 3. The molecule has 0 aliphatic heterocycles. The second kappa shape index (κ2) is 3.46. The Morgan fingerprint density at radius 2 is 2.31 bits per heavy atom. The van der Waals surface area contributed by atoms with Crippen LogP contribution < -0.4 is 5.73 Å². The molecule has 0 saturated carbocycles. The number of nitrogens with zero attached hydrogens (tertiary/aromatic N) is 3. The number of carbonyl (C=O) groups excluding carboxylic acids is 1. The molecule has 1 aromatic rings. The zero-order chi connectivity index (χ0) is 9.84. The fraction of sp³-hybridized carbons (Fsp3) is 0. The molecule has 0 spiro atoms. The molecule has 0 atom stereocenters. The van der Waals surface area contributed by atoms with Crippen LogP contribution in [-0.2, 0) is 0 Å². The minimum Gasteiger partial charge on any atom is -0.506 e. The molecule has 66 valence electrons. The van der Waals surface area contributed by atoms with E-state index in [1.807, 2.05) is 0 Å². The third kappa shape index (κ3) is 1.88. The zero-order valence-corrected chi connectivity index (χ0v) is 6.51. The Morgan fingerprint density at radius 3 is 2.85 bits per heavy atom. The Kier molecular flexibility index (Phi) is 2.37. The number of phenolic OH excluding ortho intramolecular Hbond substituents is 1. The maximum Gasteiger partial charge on any atom is 0.249 e. The molecule has 1 amide bonds. The first-order valence-corrected chi connectivity index (χ1v) is 3.33. The molecule has 6 heteroatoms. The number of anilines is 1. The van der Waals surface area contributed by atoms with Crippen LogP contribution in [0.2, 0.25) is 0 Å². The summed E-state index contributed by atoms with van der Waals surface area (Å²) in [6.45, 7) is 0. The summed E-state index contributed by atoms with van der Waals surface area (Å²) in [6, 6.07) is 3.82. The lowest BCUT2D eigenvalue weighted by Crippen LogP contribution is -1.95. The van der Waals surface area contributed by atoms with E-state index >= 15 is 0 Å². The van der Waals surface area contributed by atoms with Gasteiger partial charge in [0.05, 0.1) is 5.69 Å². The second-order valence-corrected chi connectivity index (χ2v) is 2.27. The Bertz CT molecular complexity index is 395. The number of carbonyl (C=O) groups is 1. The fourth-order valence-corrected chi connectivity index (χ4v) is 0.786. The predicted molar refractivity (Wildman–Crippen MR) is 46.0 cm³/mol. The van der Waals surface area contributed by atoms with E-state index in [1.165, 1.54) is 18.2 Å². The Morgan fingerprint density at radius 1 is 1.62 bits per heavy atom. The van der Waals surface area contributed by atoms with Crippen LogP contribution in [0.15, 0.2) is 23.3 Å². The van der Waals surface area contributed by atoms with Gasteiger partial charge >= 0.3 is 0 Å². The third-order valence-electron chi connectivity index (χ3n) is 1.41. The number of azide groups is 1. The van der Waals surface area contributed by atoms with Crippen LogP contribution >= 0.6 is 0 Å². The smallest absolute Gasteiger partial charge is 0.249 e. The van der Waals surface area contributed by atoms with E-state index < -0.39 is 5.91 Å². The number of hydrogen-bond donors (Lipinski definition) is 2. The first-order valence-electron chi connectivity index (χ1n) is 3.33. The van der Waals surface area contributed by atoms with Gasteiger partial charge in [-0.1, -0.05) is 0 Å². The first kappa shape index (κ1) is 8.89. The molecule has 13 heavy (non-hydrogen) atoms. The van der Waals surface area contributed by atoms with Crippen LogP contribution in [0.25, 0.3) is 10.4 Å². The summed E-state index contributed by atoms with van der Waals surface area (Å²) in [5, 5.41) is 11.9. The SMILES string of the molecule is [N-]=[N+]=NC(=O)c1ccc(O)c(N)c1. The van der Waals surface area contributed by atoms with Gasteiger partial charge in [-0.3, -0.25) is 4.79 Å². The number of aromatic hydroxyl groups is 1. The van der Waals surface area contributed by atoms with E-state index in [-0.39, 0.29) is 17.0 Å². The van der Waals surface area contributed by atoms with Crippen molar-refractivity contribution < 1.29 is 9.90 Å². The molecule has 1 aromatic carbocycles. The third-order valence-corrected chi connectivity index (χ3v) is 1.41. The maximum absolute atomic E-state index is 11.0. The molecule has 3 N–H and O–H groups in total. The fourth-order valence-electron chi connectivity index (χ4n) is 0.786. The first-order chi connectivity index (χ1) is 6.15. The van der Waals surface area contributed by atoms with Gasteiger partial charge in [0.15, 0.2) is 0 Å². The van der Waals surface area contributed by atoms with Crippen molar-refractivity contribution in [1.82, 2.24) is 0 Å². The number of phenols is 1. The van der Waals surface area contributed by atoms with Crippen molar-refractivity contribution in [2.45, 2.75) is 0 Å². The van der Waals surface area contributed by atoms with Gasteiger partial charge in [0.1, 0.15) is 5.75 Å². The molecule has 0 radical (unpaired) electrons. The number of nitrogen functional groups attached to an aromatic ring is 1. The molecule has 1 rings (SSSR count). The zero-order valence-electron chi connectivity index (χ0n) is 6.51.